The molecule has 0 aromatic carbocycles. The Morgan fingerprint density at radius 1 is 0.842 bits per heavy atom. The Kier molecular flexibility index (Phi) is 6.19. The van der Waals surface area contributed by atoms with Crippen LogP contribution in [-0.2, 0) is 0 Å². The van der Waals surface area contributed by atoms with Crippen molar-refractivity contribution in [1.82, 2.24) is 5.32 Å². The van der Waals surface area contributed by atoms with E-state index >= 15 is 0 Å². The average molecular weight is 265 g/mol. The molecule has 1 heteroatoms. The molecule has 2 rings (SSSR count). The van der Waals surface area contributed by atoms with E-state index in [-0.39, 0.29) is 0 Å². The highest BCUT2D eigenvalue weighted by Crippen LogP contribution is 2.39. The molecule has 0 aliphatic heterocycles. The van der Waals surface area contributed by atoms with E-state index in [1.807, 2.05) is 0 Å². The Labute approximate surface area is 120 Å². The van der Waals surface area contributed by atoms with Crippen molar-refractivity contribution in [3.8, 4) is 0 Å². The Morgan fingerprint density at radius 2 is 1.42 bits per heavy atom. The fourth-order valence-corrected chi connectivity index (χ4v) is 4.93. The summed E-state index contributed by atoms with van der Waals surface area (Å²) in [7, 11) is 0. The topological polar surface area (TPSA) is 12.0 Å². The molecule has 0 bridgehead atoms. The lowest BCUT2D eigenvalue weighted by Gasteiger charge is -2.40. The number of rotatable bonds is 4. The van der Waals surface area contributed by atoms with Crippen molar-refractivity contribution in [3.63, 3.8) is 0 Å². The van der Waals surface area contributed by atoms with Crippen molar-refractivity contribution < 1.29 is 0 Å². The van der Waals surface area contributed by atoms with Gasteiger partial charge in [0.1, 0.15) is 0 Å². The summed E-state index contributed by atoms with van der Waals surface area (Å²) < 4.78 is 0. The molecule has 0 aromatic heterocycles. The molecule has 19 heavy (non-hydrogen) atoms. The van der Waals surface area contributed by atoms with Crippen LogP contribution in [0, 0.1) is 23.7 Å². The molecule has 2 aliphatic rings. The molecule has 0 aromatic rings. The Hall–Kier alpha value is -0.0400. The van der Waals surface area contributed by atoms with Crippen LogP contribution in [0.15, 0.2) is 0 Å². The van der Waals surface area contributed by atoms with E-state index in [0.717, 1.165) is 36.3 Å². The van der Waals surface area contributed by atoms with Crippen molar-refractivity contribution in [2.45, 2.75) is 84.6 Å². The molecule has 3 atom stereocenters. The standard InChI is InChI=1S/C18H35N/c1-4-19-18(16-9-7-5-6-8-10-16)17-12-14(2)11-15(3)13-17/h14-19H,4-13H2,1-3H3. The summed E-state index contributed by atoms with van der Waals surface area (Å²) in [6, 6.07) is 0.813. The third-order valence-electron chi connectivity index (χ3n) is 5.57. The van der Waals surface area contributed by atoms with Crippen molar-refractivity contribution in [2.24, 2.45) is 23.7 Å². The van der Waals surface area contributed by atoms with Crippen LogP contribution in [0.4, 0.5) is 0 Å². The SMILES string of the molecule is CCNC(C1CCCCCC1)C1CC(C)CC(C)C1. The largest absolute Gasteiger partial charge is 0.314 e. The lowest BCUT2D eigenvalue weighted by atomic mass is 9.70. The molecule has 3 unspecified atom stereocenters. The molecular weight excluding hydrogens is 230 g/mol. The molecule has 1 N–H and O–H groups in total. The van der Waals surface area contributed by atoms with Crippen LogP contribution >= 0.6 is 0 Å². The first-order chi connectivity index (χ1) is 9.20. The van der Waals surface area contributed by atoms with Crippen LogP contribution in [0.5, 0.6) is 0 Å². The molecule has 112 valence electrons. The zero-order valence-corrected chi connectivity index (χ0v) is 13.5. The molecule has 2 fully saturated rings. The lowest BCUT2D eigenvalue weighted by molar-refractivity contribution is 0.137. The lowest BCUT2D eigenvalue weighted by Crippen LogP contribution is -2.44. The maximum atomic E-state index is 3.89. The first-order valence-electron chi connectivity index (χ1n) is 8.94. The van der Waals surface area contributed by atoms with E-state index in [9.17, 15) is 0 Å². The highest BCUT2D eigenvalue weighted by atomic mass is 14.9. The predicted molar refractivity (Wildman–Crippen MR) is 84.3 cm³/mol. The zero-order chi connectivity index (χ0) is 13.7. The first kappa shape index (κ1) is 15.4. The van der Waals surface area contributed by atoms with Gasteiger partial charge in [0.15, 0.2) is 0 Å². The fourth-order valence-electron chi connectivity index (χ4n) is 4.93. The molecule has 2 saturated carbocycles. The van der Waals surface area contributed by atoms with Gasteiger partial charge in [-0.05, 0) is 62.3 Å². The number of hydrogen-bond donors (Lipinski definition) is 1. The zero-order valence-electron chi connectivity index (χ0n) is 13.5. The third-order valence-corrected chi connectivity index (χ3v) is 5.57. The monoisotopic (exact) mass is 265 g/mol. The summed E-state index contributed by atoms with van der Waals surface area (Å²) >= 11 is 0. The third kappa shape index (κ3) is 4.48. The second-order valence-corrected chi connectivity index (χ2v) is 7.51. The first-order valence-corrected chi connectivity index (χ1v) is 8.94. The van der Waals surface area contributed by atoms with E-state index in [1.54, 1.807) is 0 Å². The van der Waals surface area contributed by atoms with Gasteiger partial charge >= 0.3 is 0 Å². The molecule has 0 heterocycles. The highest BCUT2D eigenvalue weighted by Gasteiger charge is 2.34. The summed E-state index contributed by atoms with van der Waals surface area (Å²) in [5.74, 6) is 3.80. The highest BCUT2D eigenvalue weighted by molar-refractivity contribution is 4.88. The van der Waals surface area contributed by atoms with Crippen LogP contribution in [0.1, 0.15) is 78.6 Å². The van der Waals surface area contributed by atoms with Gasteiger partial charge in [-0.15, -0.1) is 0 Å². The Balaban J connectivity index is 2.00. The van der Waals surface area contributed by atoms with Crippen molar-refractivity contribution >= 4 is 0 Å². The maximum Gasteiger partial charge on any atom is 0.0124 e. The van der Waals surface area contributed by atoms with Gasteiger partial charge < -0.3 is 5.32 Å². The molecule has 0 radical (unpaired) electrons. The summed E-state index contributed by atoms with van der Waals surface area (Å²) in [6.45, 7) is 8.39. The molecule has 0 amide bonds. The van der Waals surface area contributed by atoms with E-state index in [2.05, 4.69) is 26.1 Å². The number of hydrogen-bond acceptors (Lipinski definition) is 1. The van der Waals surface area contributed by atoms with Gasteiger partial charge in [-0.1, -0.05) is 46.5 Å². The quantitative estimate of drug-likeness (QED) is 0.705. The smallest absolute Gasteiger partial charge is 0.0124 e. The van der Waals surface area contributed by atoms with Gasteiger partial charge in [0.05, 0.1) is 0 Å². The maximum absolute atomic E-state index is 3.89. The van der Waals surface area contributed by atoms with Crippen LogP contribution in [0.2, 0.25) is 0 Å². The van der Waals surface area contributed by atoms with Gasteiger partial charge in [-0.3, -0.25) is 0 Å². The van der Waals surface area contributed by atoms with Crippen LogP contribution < -0.4 is 5.32 Å². The van der Waals surface area contributed by atoms with Gasteiger partial charge in [0, 0.05) is 6.04 Å². The second-order valence-electron chi connectivity index (χ2n) is 7.51. The predicted octanol–water partition coefficient (Wildman–Crippen LogP) is 5.01. The second kappa shape index (κ2) is 7.67. The minimum absolute atomic E-state index is 0.813. The molecule has 1 nitrogen and oxygen atoms in total. The van der Waals surface area contributed by atoms with Crippen molar-refractivity contribution in [3.05, 3.63) is 0 Å². The van der Waals surface area contributed by atoms with E-state index in [1.165, 1.54) is 57.8 Å². The molecule has 0 saturated heterocycles. The molecular formula is C18H35N. The Bertz CT molecular complexity index is 232. The van der Waals surface area contributed by atoms with Gasteiger partial charge in [0.2, 0.25) is 0 Å². The summed E-state index contributed by atoms with van der Waals surface area (Å²) in [6.07, 6.45) is 13.3. The average Bonchev–Trinajstić information content (AvgIpc) is 2.63. The van der Waals surface area contributed by atoms with Gasteiger partial charge in [-0.2, -0.15) is 0 Å². The summed E-state index contributed by atoms with van der Waals surface area (Å²) in [5.41, 5.74) is 0. The van der Waals surface area contributed by atoms with Crippen LogP contribution in [0.25, 0.3) is 0 Å². The van der Waals surface area contributed by atoms with Crippen LogP contribution in [-0.4, -0.2) is 12.6 Å². The summed E-state index contributed by atoms with van der Waals surface area (Å²) in [5, 5.41) is 3.89. The van der Waals surface area contributed by atoms with E-state index in [0.29, 0.717) is 0 Å². The molecule has 2 aliphatic carbocycles. The normalized spacial score (nSPS) is 35.8. The summed E-state index contributed by atoms with van der Waals surface area (Å²) in [4.78, 5) is 0. The molecule has 0 spiro atoms. The van der Waals surface area contributed by atoms with Gasteiger partial charge in [-0.25, -0.2) is 0 Å². The fraction of sp³-hybridized carbons (Fsp3) is 1.00. The van der Waals surface area contributed by atoms with Crippen LogP contribution in [0.3, 0.4) is 0 Å². The minimum atomic E-state index is 0.813. The Morgan fingerprint density at radius 3 is 1.95 bits per heavy atom. The van der Waals surface area contributed by atoms with E-state index in [4.69, 9.17) is 0 Å². The van der Waals surface area contributed by atoms with Crippen molar-refractivity contribution in [1.29, 1.82) is 0 Å². The van der Waals surface area contributed by atoms with Gasteiger partial charge in [0.25, 0.3) is 0 Å². The minimum Gasteiger partial charge on any atom is -0.314 e. The van der Waals surface area contributed by atoms with E-state index < -0.39 is 0 Å². The van der Waals surface area contributed by atoms with Crippen molar-refractivity contribution in [2.75, 3.05) is 6.54 Å². The number of nitrogens with one attached hydrogen (secondary N) is 1.